The fourth-order valence-corrected chi connectivity index (χ4v) is 5.12. The van der Waals surface area contributed by atoms with Gasteiger partial charge in [-0.25, -0.2) is 0 Å². The fourth-order valence-electron chi connectivity index (χ4n) is 4.22. The number of carbonyl (C=O) groups is 1. The fraction of sp³-hybridized carbons (Fsp3) is 0.292. The lowest BCUT2D eigenvalue weighted by atomic mass is 9.91. The van der Waals surface area contributed by atoms with Gasteiger partial charge in [0.2, 0.25) is 0 Å². The number of amides is 1. The molecule has 1 aromatic heterocycles. The molecule has 0 spiro atoms. The standard InChI is InChI=1S/C24H26N2O3S/c1-16-6-4-7-18(12-16)25-23(27)15-26-10-9-17-13-20(28-2)21(29-3)14-19(17)24(26)22-8-5-11-30-22/h4-8,11-14,24H,9-10,15H2,1-3H3,(H,25,27)/p+1/t24-/m0/s1. The lowest BCUT2D eigenvalue weighted by molar-refractivity contribution is -0.919. The minimum atomic E-state index is 0.0288. The van der Waals surface area contributed by atoms with E-state index in [-0.39, 0.29) is 11.9 Å². The van der Waals surface area contributed by atoms with Crippen molar-refractivity contribution in [1.82, 2.24) is 0 Å². The van der Waals surface area contributed by atoms with Crippen LogP contribution in [-0.4, -0.2) is 33.2 Å². The summed E-state index contributed by atoms with van der Waals surface area (Å²) in [5, 5.41) is 5.15. The summed E-state index contributed by atoms with van der Waals surface area (Å²) < 4.78 is 11.1. The Kier molecular flexibility index (Phi) is 6.06. The number of benzene rings is 2. The van der Waals surface area contributed by atoms with Gasteiger partial charge in [-0.3, -0.25) is 4.79 Å². The van der Waals surface area contributed by atoms with Crippen LogP contribution >= 0.6 is 11.3 Å². The van der Waals surface area contributed by atoms with E-state index < -0.39 is 0 Å². The van der Waals surface area contributed by atoms with Crippen molar-refractivity contribution in [2.24, 2.45) is 0 Å². The number of thiophene rings is 1. The molecule has 1 aliphatic heterocycles. The summed E-state index contributed by atoms with van der Waals surface area (Å²) in [5.41, 5.74) is 4.44. The number of quaternary nitrogens is 1. The average molecular weight is 424 g/mol. The molecule has 156 valence electrons. The molecule has 2 N–H and O–H groups in total. The minimum absolute atomic E-state index is 0.0288. The van der Waals surface area contributed by atoms with Crippen molar-refractivity contribution in [2.45, 2.75) is 19.4 Å². The quantitative estimate of drug-likeness (QED) is 0.640. The first-order valence-corrected chi connectivity index (χ1v) is 11.0. The molecule has 0 fully saturated rings. The normalized spacial score (nSPS) is 17.8. The lowest BCUT2D eigenvalue weighted by Crippen LogP contribution is -3.14. The lowest BCUT2D eigenvalue weighted by Gasteiger charge is -2.34. The molecule has 5 nitrogen and oxygen atoms in total. The minimum Gasteiger partial charge on any atom is -0.493 e. The average Bonchev–Trinajstić information content (AvgIpc) is 3.26. The van der Waals surface area contributed by atoms with Crippen LogP contribution in [0.1, 0.15) is 27.6 Å². The van der Waals surface area contributed by atoms with E-state index >= 15 is 0 Å². The number of aryl methyl sites for hydroxylation is 1. The number of ether oxygens (including phenoxy) is 2. The molecular formula is C24H27N2O3S+. The number of hydrogen-bond acceptors (Lipinski definition) is 4. The number of methoxy groups -OCH3 is 2. The van der Waals surface area contributed by atoms with Crippen LogP contribution in [-0.2, 0) is 11.2 Å². The van der Waals surface area contributed by atoms with Crippen LogP contribution in [0.15, 0.2) is 53.9 Å². The van der Waals surface area contributed by atoms with Gasteiger partial charge in [0.1, 0.15) is 6.04 Å². The summed E-state index contributed by atoms with van der Waals surface area (Å²) in [5.74, 6) is 1.51. The third-order valence-corrected chi connectivity index (χ3v) is 6.53. The summed E-state index contributed by atoms with van der Waals surface area (Å²) >= 11 is 1.73. The number of fused-ring (bicyclic) bond motifs is 1. The zero-order valence-electron chi connectivity index (χ0n) is 17.5. The number of rotatable bonds is 6. The first-order valence-electron chi connectivity index (χ1n) is 10.1. The highest BCUT2D eigenvalue weighted by Crippen LogP contribution is 2.37. The SMILES string of the molecule is COc1cc2c(cc1OC)[C@@H](c1cccs1)[NH+](CC(=O)Nc1cccc(C)c1)CC2. The van der Waals surface area contributed by atoms with Crippen molar-refractivity contribution in [1.29, 1.82) is 0 Å². The molecule has 0 aliphatic carbocycles. The van der Waals surface area contributed by atoms with Crippen molar-refractivity contribution in [2.75, 3.05) is 32.6 Å². The Morgan fingerprint density at radius 3 is 2.63 bits per heavy atom. The topological polar surface area (TPSA) is 52.0 Å². The molecule has 0 saturated carbocycles. The number of carbonyl (C=O) groups excluding carboxylic acids is 1. The predicted molar refractivity (Wildman–Crippen MR) is 120 cm³/mol. The van der Waals surface area contributed by atoms with Crippen LogP contribution in [0.5, 0.6) is 11.5 Å². The van der Waals surface area contributed by atoms with E-state index in [4.69, 9.17) is 9.47 Å². The van der Waals surface area contributed by atoms with E-state index in [1.165, 1.54) is 20.9 Å². The second-order valence-corrected chi connectivity index (χ2v) is 8.59. The van der Waals surface area contributed by atoms with Gasteiger partial charge in [0.05, 0.1) is 25.6 Å². The Labute approximate surface area is 181 Å². The van der Waals surface area contributed by atoms with Crippen molar-refractivity contribution >= 4 is 22.9 Å². The summed E-state index contributed by atoms with van der Waals surface area (Å²) in [6.07, 6.45) is 0.893. The monoisotopic (exact) mass is 423 g/mol. The molecule has 2 aromatic carbocycles. The zero-order chi connectivity index (χ0) is 21.1. The van der Waals surface area contributed by atoms with Crippen molar-refractivity contribution in [3.8, 4) is 11.5 Å². The molecule has 1 amide bonds. The summed E-state index contributed by atoms with van der Waals surface area (Å²) in [7, 11) is 3.32. The molecule has 3 aromatic rings. The largest absolute Gasteiger partial charge is 0.493 e. The molecule has 4 rings (SSSR count). The molecule has 0 radical (unpaired) electrons. The summed E-state index contributed by atoms with van der Waals surface area (Å²) in [6, 6.07) is 16.4. The number of hydrogen-bond donors (Lipinski definition) is 2. The second kappa shape index (κ2) is 8.90. The van der Waals surface area contributed by atoms with Gasteiger partial charge >= 0.3 is 0 Å². The van der Waals surface area contributed by atoms with Gasteiger partial charge in [-0.2, -0.15) is 0 Å². The van der Waals surface area contributed by atoms with Crippen LogP contribution in [0.3, 0.4) is 0 Å². The maximum Gasteiger partial charge on any atom is 0.279 e. The zero-order valence-corrected chi connectivity index (χ0v) is 18.3. The van der Waals surface area contributed by atoms with Crippen LogP contribution in [0, 0.1) is 6.92 Å². The van der Waals surface area contributed by atoms with E-state index in [1.807, 2.05) is 31.2 Å². The molecule has 30 heavy (non-hydrogen) atoms. The molecule has 2 atom stereocenters. The smallest absolute Gasteiger partial charge is 0.279 e. The maximum atomic E-state index is 12.9. The van der Waals surface area contributed by atoms with Gasteiger partial charge in [-0.15, -0.1) is 11.3 Å². The molecule has 0 saturated heterocycles. The first kappa shape index (κ1) is 20.4. The maximum absolute atomic E-state index is 12.9. The van der Waals surface area contributed by atoms with E-state index in [0.29, 0.717) is 6.54 Å². The van der Waals surface area contributed by atoms with E-state index in [1.54, 1.807) is 25.6 Å². The highest BCUT2D eigenvalue weighted by Gasteiger charge is 2.35. The van der Waals surface area contributed by atoms with Gasteiger partial charge in [0, 0.05) is 17.7 Å². The third kappa shape index (κ3) is 4.20. The Bertz CT molecular complexity index is 1030. The van der Waals surface area contributed by atoms with Gasteiger partial charge in [-0.1, -0.05) is 18.2 Å². The second-order valence-electron chi connectivity index (χ2n) is 7.61. The highest BCUT2D eigenvalue weighted by atomic mass is 32.1. The molecular weight excluding hydrogens is 396 g/mol. The Hall–Kier alpha value is -2.83. The Morgan fingerprint density at radius 2 is 1.93 bits per heavy atom. The van der Waals surface area contributed by atoms with Gasteiger partial charge < -0.3 is 19.7 Å². The summed E-state index contributed by atoms with van der Waals surface area (Å²) in [4.78, 5) is 15.4. The number of nitrogens with one attached hydrogen (secondary N) is 2. The van der Waals surface area contributed by atoms with Crippen LogP contribution < -0.4 is 19.7 Å². The van der Waals surface area contributed by atoms with Crippen molar-refractivity contribution in [3.05, 3.63) is 75.5 Å². The van der Waals surface area contributed by atoms with Gasteiger partial charge in [0.15, 0.2) is 18.0 Å². The summed E-state index contributed by atoms with van der Waals surface area (Å²) in [6.45, 7) is 3.31. The number of anilines is 1. The first-order chi connectivity index (χ1) is 14.6. The third-order valence-electron chi connectivity index (χ3n) is 5.60. The van der Waals surface area contributed by atoms with Gasteiger partial charge in [-0.05, 0) is 53.8 Å². The van der Waals surface area contributed by atoms with E-state index in [2.05, 4.69) is 35.0 Å². The molecule has 2 heterocycles. The molecule has 1 unspecified atom stereocenters. The van der Waals surface area contributed by atoms with Crippen molar-refractivity contribution in [3.63, 3.8) is 0 Å². The molecule has 0 bridgehead atoms. The Morgan fingerprint density at radius 1 is 1.13 bits per heavy atom. The van der Waals surface area contributed by atoms with Crippen LogP contribution in [0.25, 0.3) is 0 Å². The molecule has 1 aliphatic rings. The van der Waals surface area contributed by atoms with Crippen LogP contribution in [0.4, 0.5) is 5.69 Å². The Balaban J connectivity index is 1.63. The van der Waals surface area contributed by atoms with Crippen molar-refractivity contribution < 1.29 is 19.2 Å². The van der Waals surface area contributed by atoms with E-state index in [0.717, 1.165) is 35.7 Å². The van der Waals surface area contributed by atoms with E-state index in [9.17, 15) is 4.79 Å². The van der Waals surface area contributed by atoms with Gasteiger partial charge in [0.25, 0.3) is 5.91 Å². The molecule has 6 heteroatoms. The predicted octanol–water partition coefficient (Wildman–Crippen LogP) is 3.24. The highest BCUT2D eigenvalue weighted by molar-refractivity contribution is 7.10. The van der Waals surface area contributed by atoms with Crippen LogP contribution in [0.2, 0.25) is 0 Å².